The number of para-hydroxylation sites is 2. The first-order valence-electron chi connectivity index (χ1n) is 32.3. The van der Waals surface area contributed by atoms with Gasteiger partial charge in [0.2, 0.25) is 27.0 Å². The Hall–Kier alpha value is -7.88. The van der Waals surface area contributed by atoms with Crippen LogP contribution in [-0.4, -0.2) is 251 Å². The lowest BCUT2D eigenvalue weighted by molar-refractivity contribution is -0.645. The van der Waals surface area contributed by atoms with Gasteiger partial charge in [0.1, 0.15) is 22.4 Å². The normalized spacial score (nSPS) is 13.4. The highest BCUT2D eigenvalue weighted by atomic mass is 32.2. The summed E-state index contributed by atoms with van der Waals surface area (Å²) in [5.74, 6) is -4.70. The number of benzene rings is 5. The van der Waals surface area contributed by atoms with Crippen LogP contribution in [0.1, 0.15) is 82.1 Å². The highest BCUT2D eigenvalue weighted by Crippen LogP contribution is 2.37. The Bertz CT molecular complexity index is 4250. The molecule has 4 amide bonds. The van der Waals surface area contributed by atoms with Gasteiger partial charge in [0.05, 0.1) is 135 Å². The average molecular weight is 1490 g/mol. The molecule has 2 aliphatic heterocycles. The van der Waals surface area contributed by atoms with E-state index in [0.717, 1.165) is 15.9 Å². The molecule has 5 aromatic carbocycles. The molecule has 0 atom stereocenters. The molecule has 552 valence electrons. The smallest absolute Gasteiger partial charge is 0.425 e. The number of carbonyl (C=O) groups excluding carboxylic acids is 5. The summed E-state index contributed by atoms with van der Waals surface area (Å²) in [6, 6.07) is 25.1. The number of piperazine rings is 1. The standard InChI is InChI=1S/C63H78N6O19S3.C3H6O3.O3S/c1-3-82-31-32-84-35-36-86-39-40-88-42-41-87-38-37-85-34-33-83-30-10-13-47(70)12-9-25-69(90(77,78)48-22-20-46(2)21-23-48)63(74)59-49-14-4-6-18-54(49)67(55-19-7-5-15-50(55)59)24-11-43-89(75,76)66-28-26-65(27-29-66)57(71)45-68-61(72)52-17-8-16-51-58(52)53(62(68)73)44-56(60(51)64)91(79,80)81;4-2-1-3(5)6;1-4(2)3/h4-8,14-23,44H,3,9-13,24-43,45H2,1-2H3,(H2-,64,72,73,79,80,81);4H,1-2H2,(H,5,6);. The summed E-state index contributed by atoms with van der Waals surface area (Å²) < 4.78 is 161. The van der Waals surface area contributed by atoms with E-state index in [4.69, 9.17) is 61.7 Å². The van der Waals surface area contributed by atoms with E-state index in [2.05, 4.69) is 0 Å². The van der Waals surface area contributed by atoms with Gasteiger partial charge in [-0.3, -0.25) is 33.7 Å². The predicted molar refractivity (Wildman–Crippen MR) is 363 cm³/mol. The number of fused-ring (bicyclic) bond motifs is 2. The Morgan fingerprint density at radius 3 is 1.60 bits per heavy atom. The van der Waals surface area contributed by atoms with E-state index in [1.54, 1.807) is 60.7 Å². The number of nitrogens with two attached hydrogens (primary N) is 1. The van der Waals surface area contributed by atoms with Gasteiger partial charge in [-0.25, -0.2) is 29.6 Å². The largest absolute Gasteiger partial charge is 0.744 e. The number of Topliss-reactive ketones (excluding diaryl/α,β-unsaturated/α-hetero) is 1. The molecule has 101 heavy (non-hydrogen) atoms. The molecule has 4 N–H and O–H groups in total. The molecule has 0 spiro atoms. The fourth-order valence-corrected chi connectivity index (χ4v) is 14.4. The third-order valence-electron chi connectivity index (χ3n) is 15.7. The second kappa shape index (κ2) is 40.7. The maximum absolute atomic E-state index is 15.2. The summed E-state index contributed by atoms with van der Waals surface area (Å²) in [5, 5.41) is 16.5. The van der Waals surface area contributed by atoms with Crippen LogP contribution in [0.25, 0.3) is 32.6 Å². The number of ketones is 1. The van der Waals surface area contributed by atoms with Crippen molar-refractivity contribution in [3.63, 3.8) is 0 Å². The number of sulfonamides is 2. The fourth-order valence-electron chi connectivity index (χ4n) is 10.9. The van der Waals surface area contributed by atoms with Gasteiger partial charge in [-0.15, -0.1) is 12.6 Å². The molecular formula is C66H84N6O25S4. The molecule has 0 unspecified atom stereocenters. The van der Waals surface area contributed by atoms with Gasteiger partial charge in [-0.05, 0) is 63.1 Å². The number of carbonyl (C=O) groups is 6. The van der Waals surface area contributed by atoms with Crippen LogP contribution >= 0.6 is 0 Å². The molecule has 8 rings (SSSR count). The topological polar surface area (TPSA) is 427 Å². The number of amides is 4. The van der Waals surface area contributed by atoms with Crippen LogP contribution in [0.4, 0.5) is 5.69 Å². The van der Waals surface area contributed by atoms with Gasteiger partial charge >= 0.3 is 16.6 Å². The van der Waals surface area contributed by atoms with Crippen LogP contribution < -0.4 is 10.3 Å². The predicted octanol–water partition coefficient (Wildman–Crippen LogP) is 2.93. The number of aliphatic hydroxyl groups excluding tert-OH is 1. The zero-order chi connectivity index (χ0) is 73.7. The fraction of sp³-hybridized carbons (Fsp3) is 0.470. The first kappa shape index (κ1) is 82.1. The number of imide groups is 1. The zero-order valence-electron chi connectivity index (χ0n) is 56.0. The second-order valence-corrected chi connectivity index (χ2v) is 28.3. The molecule has 0 saturated carbocycles. The van der Waals surface area contributed by atoms with Gasteiger partial charge in [-0.2, -0.15) is 8.87 Å². The number of anilines is 1. The summed E-state index contributed by atoms with van der Waals surface area (Å²) in [7, 11) is -16.7. The number of rotatable bonds is 40. The van der Waals surface area contributed by atoms with Crippen LogP contribution in [0.3, 0.4) is 0 Å². The Morgan fingerprint density at radius 1 is 0.624 bits per heavy atom. The van der Waals surface area contributed by atoms with E-state index in [0.29, 0.717) is 126 Å². The molecule has 35 heteroatoms. The summed E-state index contributed by atoms with van der Waals surface area (Å²) in [5.41, 5.74) is 7.27. The first-order chi connectivity index (χ1) is 48.2. The third kappa shape index (κ3) is 24.1. The van der Waals surface area contributed by atoms with Crippen molar-refractivity contribution in [2.75, 3.05) is 150 Å². The zero-order valence-corrected chi connectivity index (χ0v) is 59.2. The molecule has 0 bridgehead atoms. The Morgan fingerprint density at radius 2 is 1.11 bits per heavy atom. The number of aliphatic carboxylic acids is 1. The number of aromatic nitrogens is 1. The number of aryl methyl sites for hydroxylation is 2. The first-order valence-corrected chi connectivity index (χ1v) is 37.8. The van der Waals surface area contributed by atoms with Gasteiger partial charge in [0.15, 0.2) is 6.54 Å². The minimum Gasteiger partial charge on any atom is -0.744 e. The SMILES string of the molecule is CCOCCOCCOCCOCCOCCOCCOCCCC(=O)CCCN(C(=O)c1c2ccccc2[n+](CCCS(=O)(=O)N2CCN(C(=O)CN3C(=O)c4cccc5c(N)c(S(=O)(=O)[O-])cc(c45)C3=O)CC2)c2ccccc12)S(=O)(=O)c1ccc(C)cc1.O=C(O)CCO.O=S(=O)=O. The number of carboxylic acids is 1. The van der Waals surface area contributed by atoms with E-state index in [9.17, 15) is 53.8 Å². The number of ether oxygens (including phenoxy) is 7. The van der Waals surface area contributed by atoms with E-state index in [-0.39, 0.29) is 122 Å². The van der Waals surface area contributed by atoms with Crippen molar-refractivity contribution in [2.24, 2.45) is 0 Å². The van der Waals surface area contributed by atoms with Crippen LogP contribution in [0.5, 0.6) is 0 Å². The summed E-state index contributed by atoms with van der Waals surface area (Å²) >= 11 is 0. The lowest BCUT2D eigenvalue weighted by atomic mass is 9.93. The van der Waals surface area contributed by atoms with Crippen LogP contribution in [0, 0.1) is 6.92 Å². The number of hydrogen-bond donors (Lipinski definition) is 3. The summed E-state index contributed by atoms with van der Waals surface area (Å²) in [4.78, 5) is 79.9. The van der Waals surface area contributed by atoms with Gasteiger partial charge in [-0.1, -0.05) is 54.1 Å². The maximum atomic E-state index is 15.2. The molecular weight excluding hydrogens is 1410 g/mol. The van der Waals surface area contributed by atoms with Crippen molar-refractivity contribution in [3.05, 3.63) is 119 Å². The number of nitrogens with zero attached hydrogens (tertiary/aromatic N) is 5. The van der Waals surface area contributed by atoms with Crippen molar-refractivity contribution in [2.45, 2.75) is 68.7 Å². The van der Waals surface area contributed by atoms with E-state index >= 15 is 4.79 Å². The highest BCUT2D eigenvalue weighted by Gasteiger charge is 2.39. The quantitative estimate of drug-likeness (QED) is 0.0124. The molecule has 6 aromatic rings. The monoisotopic (exact) mass is 1490 g/mol. The average Bonchev–Trinajstić information content (AvgIpc) is 0.738. The number of hydrogen-bond acceptors (Lipinski definition) is 25. The third-order valence-corrected chi connectivity index (χ3v) is 20.4. The molecule has 1 fully saturated rings. The van der Waals surface area contributed by atoms with Crippen molar-refractivity contribution in [1.82, 2.24) is 18.4 Å². The lowest BCUT2D eigenvalue weighted by Crippen LogP contribution is -2.54. The van der Waals surface area contributed by atoms with Gasteiger partial charge < -0.3 is 58.6 Å². The van der Waals surface area contributed by atoms with Crippen molar-refractivity contribution in [1.29, 1.82) is 0 Å². The summed E-state index contributed by atoms with van der Waals surface area (Å²) in [6.45, 7) is 8.51. The number of nitrogen functional groups attached to an aromatic ring is 1. The van der Waals surface area contributed by atoms with Crippen LogP contribution in [-0.2, 0) is 94.9 Å². The molecule has 1 saturated heterocycles. The van der Waals surface area contributed by atoms with Gasteiger partial charge in [0.25, 0.3) is 27.7 Å². The molecule has 0 radical (unpaired) electrons. The van der Waals surface area contributed by atoms with Crippen molar-refractivity contribution in [3.8, 4) is 0 Å². The summed E-state index contributed by atoms with van der Waals surface area (Å²) in [6.07, 6.45) is 0.623. The number of pyridine rings is 1. The number of carboxylic acid groups (broad SMARTS) is 1. The highest BCUT2D eigenvalue weighted by molar-refractivity contribution is 7.89. The molecule has 31 nitrogen and oxygen atoms in total. The molecule has 0 aliphatic carbocycles. The lowest BCUT2D eigenvalue weighted by Gasteiger charge is -2.35. The van der Waals surface area contributed by atoms with Crippen molar-refractivity contribution >= 4 is 114 Å². The molecule has 3 heterocycles. The Kier molecular flexibility index (Phi) is 33.1. The molecule has 2 aliphatic rings. The van der Waals surface area contributed by atoms with E-state index < -0.39 is 87.5 Å². The maximum Gasteiger partial charge on any atom is 0.425 e. The van der Waals surface area contributed by atoms with Gasteiger partial charge in [0, 0.05) is 93.7 Å². The molecule has 1 aromatic heterocycles. The Balaban J connectivity index is 0.00000150. The Labute approximate surface area is 586 Å². The van der Waals surface area contributed by atoms with Crippen molar-refractivity contribution < 1.29 is 119 Å². The second-order valence-electron chi connectivity index (χ2n) is 22.6. The van der Waals surface area contributed by atoms with E-state index in [1.165, 1.54) is 39.5 Å². The minimum absolute atomic E-state index is 0.00550. The van der Waals surface area contributed by atoms with E-state index in [1.807, 2.05) is 18.4 Å². The van der Waals surface area contributed by atoms with Crippen LogP contribution in [0.2, 0.25) is 0 Å². The van der Waals surface area contributed by atoms with Crippen LogP contribution in [0.15, 0.2) is 107 Å². The minimum atomic E-state index is -5.14. The number of aliphatic hydroxyl groups is 1.